The molecule has 3 unspecified atom stereocenters. The van der Waals surface area contributed by atoms with Crippen LogP contribution < -0.4 is 5.32 Å². The summed E-state index contributed by atoms with van der Waals surface area (Å²) in [7, 11) is 0. The molecule has 1 saturated carbocycles. The molecule has 1 heterocycles. The topological polar surface area (TPSA) is 21.3 Å². The van der Waals surface area contributed by atoms with Crippen LogP contribution in [0.15, 0.2) is 0 Å². The van der Waals surface area contributed by atoms with Crippen LogP contribution in [0, 0.1) is 11.3 Å². The summed E-state index contributed by atoms with van der Waals surface area (Å²) >= 11 is 0. The van der Waals surface area contributed by atoms with E-state index in [2.05, 4.69) is 26.1 Å². The maximum absolute atomic E-state index is 5.70. The van der Waals surface area contributed by atoms with Crippen LogP contribution in [-0.4, -0.2) is 18.9 Å². The van der Waals surface area contributed by atoms with Crippen molar-refractivity contribution in [1.82, 2.24) is 5.32 Å². The fraction of sp³-hybridized carbons (Fsp3) is 1.00. The summed E-state index contributed by atoms with van der Waals surface area (Å²) in [6.07, 6.45) is 3.11. The average Bonchev–Trinajstić information content (AvgIpc) is 2.37. The number of fused-ring (bicyclic) bond motifs is 1. The highest BCUT2D eigenvalue weighted by molar-refractivity contribution is 4.97. The van der Waals surface area contributed by atoms with E-state index in [0.717, 1.165) is 12.6 Å². The standard InChI is InChI=1S/C10H19NO/c1-10(2,3)7-4-5-8-9(7)12-6-11-8/h7-9,11H,4-6H2,1-3H3. The first-order valence-corrected chi connectivity index (χ1v) is 4.94. The molecule has 1 aliphatic carbocycles. The van der Waals surface area contributed by atoms with Gasteiger partial charge in [0, 0.05) is 6.04 Å². The molecule has 0 amide bonds. The zero-order valence-corrected chi connectivity index (χ0v) is 8.26. The van der Waals surface area contributed by atoms with Crippen molar-refractivity contribution < 1.29 is 4.74 Å². The van der Waals surface area contributed by atoms with Gasteiger partial charge in [-0.05, 0) is 24.2 Å². The molecule has 0 radical (unpaired) electrons. The Morgan fingerprint density at radius 3 is 2.67 bits per heavy atom. The van der Waals surface area contributed by atoms with Crippen LogP contribution in [0.25, 0.3) is 0 Å². The predicted octanol–water partition coefficient (Wildman–Crippen LogP) is 1.76. The van der Waals surface area contributed by atoms with Crippen LogP contribution in [0.5, 0.6) is 0 Å². The van der Waals surface area contributed by atoms with Crippen molar-refractivity contribution in [2.45, 2.75) is 45.8 Å². The van der Waals surface area contributed by atoms with Crippen LogP contribution in [0.1, 0.15) is 33.6 Å². The van der Waals surface area contributed by atoms with Crippen molar-refractivity contribution in [1.29, 1.82) is 0 Å². The molecular formula is C10H19NO. The fourth-order valence-electron chi connectivity index (χ4n) is 2.60. The Labute approximate surface area is 74.7 Å². The van der Waals surface area contributed by atoms with Crippen molar-refractivity contribution >= 4 is 0 Å². The molecule has 12 heavy (non-hydrogen) atoms. The Balaban J connectivity index is 2.09. The molecule has 0 spiro atoms. The fourth-order valence-corrected chi connectivity index (χ4v) is 2.60. The monoisotopic (exact) mass is 169 g/mol. The summed E-state index contributed by atoms with van der Waals surface area (Å²) in [5.74, 6) is 0.748. The van der Waals surface area contributed by atoms with Gasteiger partial charge in [0.2, 0.25) is 0 Å². The summed E-state index contributed by atoms with van der Waals surface area (Å²) in [6.45, 7) is 7.73. The first-order valence-electron chi connectivity index (χ1n) is 4.94. The molecule has 1 aliphatic heterocycles. The van der Waals surface area contributed by atoms with E-state index in [1.54, 1.807) is 0 Å². The van der Waals surface area contributed by atoms with Gasteiger partial charge in [0.1, 0.15) is 0 Å². The minimum Gasteiger partial charge on any atom is -0.361 e. The summed E-state index contributed by atoms with van der Waals surface area (Å²) < 4.78 is 5.70. The van der Waals surface area contributed by atoms with Gasteiger partial charge in [-0.15, -0.1) is 0 Å². The molecule has 1 N–H and O–H groups in total. The second-order valence-electron chi connectivity index (χ2n) is 5.14. The third-order valence-corrected chi connectivity index (χ3v) is 3.32. The minimum atomic E-state index is 0.408. The van der Waals surface area contributed by atoms with E-state index in [9.17, 15) is 0 Å². The Morgan fingerprint density at radius 2 is 2.00 bits per heavy atom. The lowest BCUT2D eigenvalue weighted by Gasteiger charge is -2.30. The van der Waals surface area contributed by atoms with Crippen LogP contribution in [0.3, 0.4) is 0 Å². The number of hydrogen-bond donors (Lipinski definition) is 1. The summed E-state index contributed by atoms with van der Waals surface area (Å²) in [5.41, 5.74) is 0.408. The zero-order valence-electron chi connectivity index (χ0n) is 8.26. The molecule has 0 aromatic rings. The SMILES string of the molecule is CC(C)(C)C1CCC2NCOC21. The van der Waals surface area contributed by atoms with Crippen molar-refractivity contribution in [2.75, 3.05) is 6.73 Å². The van der Waals surface area contributed by atoms with E-state index in [0.29, 0.717) is 17.6 Å². The molecule has 70 valence electrons. The quantitative estimate of drug-likeness (QED) is 0.596. The van der Waals surface area contributed by atoms with Crippen LogP contribution in [0.4, 0.5) is 0 Å². The van der Waals surface area contributed by atoms with Crippen LogP contribution in [0.2, 0.25) is 0 Å². The molecule has 1 saturated heterocycles. The summed E-state index contributed by atoms with van der Waals surface area (Å²) in [6, 6.07) is 0.647. The van der Waals surface area contributed by atoms with Gasteiger partial charge in [-0.3, -0.25) is 5.32 Å². The van der Waals surface area contributed by atoms with Gasteiger partial charge in [-0.2, -0.15) is 0 Å². The molecule has 3 atom stereocenters. The number of ether oxygens (including phenoxy) is 1. The molecule has 2 nitrogen and oxygen atoms in total. The maximum atomic E-state index is 5.70. The van der Waals surface area contributed by atoms with Gasteiger partial charge in [-0.25, -0.2) is 0 Å². The lowest BCUT2D eigenvalue weighted by Crippen LogP contribution is -2.33. The zero-order chi connectivity index (χ0) is 8.77. The Morgan fingerprint density at radius 1 is 1.25 bits per heavy atom. The van der Waals surface area contributed by atoms with E-state index in [1.165, 1.54) is 12.8 Å². The van der Waals surface area contributed by atoms with E-state index in [-0.39, 0.29) is 0 Å². The second-order valence-corrected chi connectivity index (χ2v) is 5.14. The first-order chi connectivity index (χ1) is 5.59. The third-order valence-electron chi connectivity index (χ3n) is 3.32. The second kappa shape index (κ2) is 2.71. The molecule has 2 aliphatic rings. The van der Waals surface area contributed by atoms with E-state index in [1.807, 2.05) is 0 Å². The van der Waals surface area contributed by atoms with E-state index >= 15 is 0 Å². The third kappa shape index (κ3) is 1.27. The van der Waals surface area contributed by atoms with Gasteiger partial charge < -0.3 is 4.74 Å². The molecule has 2 fully saturated rings. The number of hydrogen-bond acceptors (Lipinski definition) is 2. The molecule has 0 aromatic carbocycles. The van der Waals surface area contributed by atoms with Gasteiger partial charge in [0.05, 0.1) is 12.8 Å². The van der Waals surface area contributed by atoms with Crippen molar-refractivity contribution in [3.63, 3.8) is 0 Å². The molecule has 0 aromatic heterocycles. The van der Waals surface area contributed by atoms with Crippen LogP contribution in [-0.2, 0) is 4.74 Å². The Hall–Kier alpha value is -0.0800. The summed E-state index contributed by atoms with van der Waals surface area (Å²) in [4.78, 5) is 0. The van der Waals surface area contributed by atoms with Gasteiger partial charge in [0.15, 0.2) is 0 Å². The molecule has 2 rings (SSSR count). The lowest BCUT2D eigenvalue weighted by atomic mass is 9.78. The maximum Gasteiger partial charge on any atom is 0.0973 e. The smallest absolute Gasteiger partial charge is 0.0973 e. The highest BCUT2D eigenvalue weighted by atomic mass is 16.5. The molecule has 2 heteroatoms. The average molecular weight is 169 g/mol. The Bertz CT molecular complexity index is 173. The van der Waals surface area contributed by atoms with Crippen molar-refractivity contribution in [2.24, 2.45) is 11.3 Å². The normalized spacial score (nSPS) is 41.8. The first kappa shape index (κ1) is 8.52. The van der Waals surface area contributed by atoms with E-state index < -0.39 is 0 Å². The molecular weight excluding hydrogens is 150 g/mol. The number of rotatable bonds is 0. The number of nitrogens with one attached hydrogen (secondary N) is 1. The largest absolute Gasteiger partial charge is 0.361 e. The van der Waals surface area contributed by atoms with Gasteiger partial charge in [-0.1, -0.05) is 20.8 Å². The minimum absolute atomic E-state index is 0.408. The lowest BCUT2D eigenvalue weighted by molar-refractivity contribution is 0.0294. The summed E-state index contributed by atoms with van der Waals surface area (Å²) in [5, 5.41) is 3.40. The van der Waals surface area contributed by atoms with Gasteiger partial charge in [0.25, 0.3) is 0 Å². The highest BCUT2D eigenvalue weighted by Crippen LogP contribution is 2.42. The van der Waals surface area contributed by atoms with Crippen molar-refractivity contribution in [3.8, 4) is 0 Å². The van der Waals surface area contributed by atoms with Crippen molar-refractivity contribution in [3.05, 3.63) is 0 Å². The van der Waals surface area contributed by atoms with Gasteiger partial charge >= 0.3 is 0 Å². The molecule has 0 bridgehead atoms. The van der Waals surface area contributed by atoms with Crippen LogP contribution >= 0.6 is 0 Å². The predicted molar refractivity (Wildman–Crippen MR) is 48.8 cm³/mol. The Kier molecular flexibility index (Phi) is 1.92. The van der Waals surface area contributed by atoms with E-state index in [4.69, 9.17) is 4.74 Å². The highest BCUT2D eigenvalue weighted by Gasteiger charge is 2.45.